The van der Waals surface area contributed by atoms with Gasteiger partial charge in [0, 0.05) is 35.3 Å². The van der Waals surface area contributed by atoms with E-state index in [4.69, 9.17) is 16.3 Å². The molecule has 0 saturated carbocycles. The third-order valence-corrected chi connectivity index (χ3v) is 4.52. The first-order valence-corrected chi connectivity index (χ1v) is 9.21. The van der Waals surface area contributed by atoms with E-state index in [1.807, 2.05) is 31.3 Å². The van der Waals surface area contributed by atoms with Crippen molar-refractivity contribution in [2.75, 3.05) is 19.5 Å². The first kappa shape index (κ1) is 20.2. The van der Waals surface area contributed by atoms with Crippen LogP contribution in [0.2, 0.25) is 5.02 Å². The number of H-pyrrole nitrogens is 1. The Bertz CT molecular complexity index is 1160. The summed E-state index contributed by atoms with van der Waals surface area (Å²) in [5, 5.41) is 4.43. The zero-order valence-electron chi connectivity index (χ0n) is 16.0. The van der Waals surface area contributed by atoms with Gasteiger partial charge in [-0.15, -0.1) is 0 Å². The van der Waals surface area contributed by atoms with Gasteiger partial charge in [-0.1, -0.05) is 17.7 Å². The lowest BCUT2D eigenvalue weighted by atomic mass is 10.2. The molecular weight excluding hydrogens is 390 g/mol. The van der Waals surface area contributed by atoms with E-state index in [2.05, 4.69) is 10.3 Å². The number of aromatic nitrogens is 2. The topological polar surface area (TPSA) is 76.1 Å². The highest BCUT2D eigenvalue weighted by Gasteiger charge is 2.08. The molecule has 29 heavy (non-hydrogen) atoms. The van der Waals surface area contributed by atoms with Crippen molar-refractivity contribution in [2.24, 2.45) is 0 Å². The summed E-state index contributed by atoms with van der Waals surface area (Å²) in [6.45, 7) is 0. The average Bonchev–Trinajstić information content (AvgIpc) is 3.18. The zero-order valence-corrected chi connectivity index (χ0v) is 16.7. The predicted molar refractivity (Wildman–Crippen MR) is 117 cm³/mol. The van der Waals surface area contributed by atoms with Gasteiger partial charge in [0.1, 0.15) is 11.4 Å². The number of hydrogen-bond acceptors (Lipinski definition) is 4. The minimum absolute atomic E-state index is 0.172. The number of aldehydes is 1. The number of fused-ring (bicyclic) bond motifs is 1. The highest BCUT2D eigenvalue weighted by Crippen LogP contribution is 2.18. The number of benzene rings is 2. The Morgan fingerprint density at radius 3 is 2.48 bits per heavy atom. The number of carbonyl (C=O) groups excluding carboxylic acids is 1. The molecule has 2 N–H and O–H groups in total. The van der Waals surface area contributed by atoms with E-state index < -0.39 is 0 Å². The van der Waals surface area contributed by atoms with Crippen LogP contribution in [0.3, 0.4) is 0 Å². The molecule has 7 heteroatoms. The molecule has 4 aromatic rings. The van der Waals surface area contributed by atoms with E-state index in [0.29, 0.717) is 22.1 Å². The number of halogens is 1. The first-order valence-electron chi connectivity index (χ1n) is 8.83. The fourth-order valence-corrected chi connectivity index (χ4v) is 2.95. The third kappa shape index (κ3) is 4.67. The second kappa shape index (κ2) is 9.12. The van der Waals surface area contributed by atoms with E-state index in [1.54, 1.807) is 43.5 Å². The average molecular weight is 410 g/mol. The van der Waals surface area contributed by atoms with Gasteiger partial charge in [0.15, 0.2) is 6.29 Å². The number of nitrogens with one attached hydrogen (secondary N) is 2. The smallest absolute Gasteiger partial charge is 0.256 e. The Balaban J connectivity index is 0.000000204. The van der Waals surface area contributed by atoms with Gasteiger partial charge >= 0.3 is 0 Å². The minimum Gasteiger partial charge on any atom is -0.497 e. The van der Waals surface area contributed by atoms with E-state index in [0.717, 1.165) is 23.1 Å². The summed E-state index contributed by atoms with van der Waals surface area (Å²) >= 11 is 5.84. The molecule has 2 aromatic heterocycles. The summed E-state index contributed by atoms with van der Waals surface area (Å²) in [4.78, 5) is 25.8. The number of ether oxygens (including phenoxy) is 1. The van der Waals surface area contributed by atoms with Gasteiger partial charge in [0.05, 0.1) is 18.5 Å². The number of pyridine rings is 1. The van der Waals surface area contributed by atoms with E-state index in [-0.39, 0.29) is 5.56 Å². The largest absolute Gasteiger partial charge is 0.497 e. The molecule has 0 bridgehead atoms. The molecule has 2 aromatic carbocycles. The van der Waals surface area contributed by atoms with E-state index in [1.165, 1.54) is 10.6 Å². The van der Waals surface area contributed by atoms with E-state index >= 15 is 0 Å². The van der Waals surface area contributed by atoms with Crippen LogP contribution in [0.25, 0.3) is 16.7 Å². The highest BCUT2D eigenvalue weighted by molar-refractivity contribution is 6.30. The predicted octanol–water partition coefficient (Wildman–Crippen LogP) is 4.52. The van der Waals surface area contributed by atoms with Gasteiger partial charge in [-0.3, -0.25) is 14.2 Å². The van der Waals surface area contributed by atoms with Gasteiger partial charge in [0.25, 0.3) is 5.56 Å². The monoisotopic (exact) mass is 409 g/mol. The second-order valence-electron chi connectivity index (χ2n) is 6.11. The lowest BCUT2D eigenvalue weighted by Gasteiger charge is -2.07. The van der Waals surface area contributed by atoms with Crippen LogP contribution in [0.5, 0.6) is 5.75 Å². The van der Waals surface area contributed by atoms with Crippen molar-refractivity contribution in [1.82, 2.24) is 9.55 Å². The fraction of sp³-hybridized carbons (Fsp3) is 0.0909. The summed E-state index contributed by atoms with van der Waals surface area (Å²) in [5.74, 6) is 0.881. The van der Waals surface area contributed by atoms with Crippen LogP contribution in [-0.2, 0) is 0 Å². The summed E-state index contributed by atoms with van der Waals surface area (Å²) in [5.41, 5.74) is 2.62. The first-order chi connectivity index (χ1) is 14.0. The van der Waals surface area contributed by atoms with Gasteiger partial charge in [-0.2, -0.15) is 0 Å². The fourth-order valence-electron chi connectivity index (χ4n) is 2.83. The van der Waals surface area contributed by atoms with Crippen LogP contribution in [0.1, 0.15) is 10.5 Å². The number of rotatable bonds is 4. The molecular formula is C22H20ClN3O3. The SMILES string of the molecule is CNc1cccc(OC)c1.O=Cc1cc2ccc(=O)n(-c3ccc(Cl)cc3)c2[nH]1. The van der Waals surface area contributed by atoms with Crippen molar-refractivity contribution in [3.05, 3.63) is 87.8 Å². The molecule has 6 nitrogen and oxygen atoms in total. The molecule has 4 rings (SSSR count). The molecule has 2 heterocycles. The normalized spacial score (nSPS) is 10.2. The number of hydrogen-bond donors (Lipinski definition) is 2. The van der Waals surface area contributed by atoms with Crippen LogP contribution < -0.4 is 15.6 Å². The summed E-state index contributed by atoms with van der Waals surface area (Å²) < 4.78 is 6.53. The van der Waals surface area contributed by atoms with Crippen molar-refractivity contribution in [2.45, 2.75) is 0 Å². The van der Waals surface area contributed by atoms with Crippen LogP contribution in [0.4, 0.5) is 5.69 Å². The van der Waals surface area contributed by atoms with Gasteiger partial charge in [-0.25, -0.2) is 0 Å². The highest BCUT2D eigenvalue weighted by atomic mass is 35.5. The third-order valence-electron chi connectivity index (χ3n) is 4.27. The van der Waals surface area contributed by atoms with Gasteiger partial charge < -0.3 is 15.0 Å². The molecule has 0 aliphatic carbocycles. The molecule has 0 saturated heterocycles. The maximum absolute atomic E-state index is 12.0. The quantitative estimate of drug-likeness (QED) is 0.486. The maximum Gasteiger partial charge on any atom is 0.256 e. The molecule has 0 radical (unpaired) electrons. The summed E-state index contributed by atoms with van der Waals surface area (Å²) in [7, 11) is 3.55. The summed E-state index contributed by atoms with van der Waals surface area (Å²) in [6, 6.07) is 19.6. The maximum atomic E-state index is 12.0. The zero-order chi connectivity index (χ0) is 20.8. The Kier molecular flexibility index (Phi) is 6.36. The van der Waals surface area contributed by atoms with Crippen molar-refractivity contribution in [3.8, 4) is 11.4 Å². The lowest BCUT2D eigenvalue weighted by Crippen LogP contribution is -2.17. The van der Waals surface area contributed by atoms with Crippen molar-refractivity contribution >= 4 is 34.6 Å². The number of carbonyl (C=O) groups is 1. The molecule has 0 aliphatic heterocycles. The minimum atomic E-state index is -0.172. The summed E-state index contributed by atoms with van der Waals surface area (Å²) in [6.07, 6.45) is 0.719. The number of methoxy groups -OCH3 is 1. The standard InChI is InChI=1S/C14H9ClN2O2.C8H11NO/c15-10-2-4-12(5-3-10)17-13(19)6-1-9-7-11(8-18)16-14(9)17;1-9-7-4-3-5-8(6-7)10-2/h1-8,16H;3-6,9H,1-2H3. The van der Waals surface area contributed by atoms with Gasteiger partial charge in [0.2, 0.25) is 0 Å². The van der Waals surface area contributed by atoms with Crippen LogP contribution >= 0.6 is 11.6 Å². The van der Waals surface area contributed by atoms with Gasteiger partial charge in [-0.05, 0) is 48.5 Å². The second-order valence-corrected chi connectivity index (χ2v) is 6.55. The molecule has 0 amide bonds. The molecule has 148 valence electrons. The number of aromatic amines is 1. The molecule has 0 fully saturated rings. The van der Waals surface area contributed by atoms with Crippen LogP contribution in [-0.4, -0.2) is 30.0 Å². The van der Waals surface area contributed by atoms with E-state index in [9.17, 15) is 9.59 Å². The van der Waals surface area contributed by atoms with Crippen LogP contribution in [0, 0.1) is 0 Å². The van der Waals surface area contributed by atoms with Crippen molar-refractivity contribution in [3.63, 3.8) is 0 Å². The Hall–Kier alpha value is -3.51. The van der Waals surface area contributed by atoms with Crippen LogP contribution in [0.15, 0.2) is 71.5 Å². The number of anilines is 1. The molecule has 0 aliphatic rings. The Morgan fingerprint density at radius 1 is 1.07 bits per heavy atom. The number of nitrogens with zero attached hydrogens (tertiary/aromatic N) is 1. The lowest BCUT2D eigenvalue weighted by molar-refractivity contribution is 0.111. The molecule has 0 spiro atoms. The van der Waals surface area contributed by atoms with Crippen molar-refractivity contribution in [1.29, 1.82) is 0 Å². The molecule has 0 unspecified atom stereocenters. The Morgan fingerprint density at radius 2 is 1.83 bits per heavy atom. The molecule has 0 atom stereocenters. The Labute approximate surface area is 172 Å². The van der Waals surface area contributed by atoms with Crippen molar-refractivity contribution < 1.29 is 9.53 Å².